The van der Waals surface area contributed by atoms with Gasteiger partial charge in [-0.05, 0) is 48.8 Å². The zero-order valence-corrected chi connectivity index (χ0v) is 15.8. The smallest absolute Gasteiger partial charge is 0.223 e. The van der Waals surface area contributed by atoms with E-state index in [4.69, 9.17) is 9.47 Å². The van der Waals surface area contributed by atoms with E-state index in [9.17, 15) is 4.79 Å². The molecule has 1 atom stereocenters. The molecule has 9 nitrogen and oxygen atoms in total. The molecule has 3 heterocycles. The van der Waals surface area contributed by atoms with Crippen LogP contribution in [0.15, 0.2) is 0 Å². The van der Waals surface area contributed by atoms with E-state index in [-0.39, 0.29) is 12.0 Å². The quantitative estimate of drug-likeness (QED) is 0.688. The van der Waals surface area contributed by atoms with Gasteiger partial charge < -0.3 is 19.3 Å². The normalized spacial score (nSPS) is 22.7. The number of piperidine rings is 1. The first-order valence-electron chi connectivity index (χ1n) is 9.58. The van der Waals surface area contributed by atoms with Crippen molar-refractivity contribution in [2.24, 2.45) is 5.92 Å². The van der Waals surface area contributed by atoms with E-state index in [1.807, 2.05) is 4.90 Å². The maximum absolute atomic E-state index is 12.8. The highest BCUT2D eigenvalue weighted by Crippen LogP contribution is 2.24. The summed E-state index contributed by atoms with van der Waals surface area (Å²) in [7, 11) is 1.65. The Hall–Kier alpha value is -1.58. The molecule has 2 aliphatic heterocycles. The Morgan fingerprint density at radius 2 is 2.12 bits per heavy atom. The summed E-state index contributed by atoms with van der Waals surface area (Å²) in [5, 5.41) is 11.8. The van der Waals surface area contributed by atoms with Gasteiger partial charge in [0.2, 0.25) is 5.91 Å². The maximum Gasteiger partial charge on any atom is 0.223 e. The minimum atomic E-state index is -0.276. The molecule has 2 fully saturated rings. The molecule has 0 unspecified atom stereocenters. The van der Waals surface area contributed by atoms with Crippen LogP contribution in [0.25, 0.3) is 0 Å². The molecule has 1 aromatic heterocycles. The molecule has 0 N–H and O–H groups in total. The zero-order chi connectivity index (χ0) is 18.4. The molecule has 0 aromatic carbocycles. The minimum absolute atomic E-state index is 0.226. The summed E-state index contributed by atoms with van der Waals surface area (Å²) in [5.41, 5.74) is 0. The number of rotatable bonds is 7. The average molecular weight is 366 g/mol. The van der Waals surface area contributed by atoms with Crippen LogP contribution in [0.2, 0.25) is 0 Å². The molecule has 0 spiro atoms. The van der Waals surface area contributed by atoms with Gasteiger partial charge in [0.05, 0.1) is 26.3 Å². The Labute approximate surface area is 154 Å². The molecule has 146 valence electrons. The van der Waals surface area contributed by atoms with Crippen molar-refractivity contribution >= 4 is 5.91 Å². The van der Waals surface area contributed by atoms with E-state index in [1.165, 1.54) is 0 Å². The van der Waals surface area contributed by atoms with Crippen LogP contribution in [-0.2, 0) is 20.8 Å². The highest BCUT2D eigenvalue weighted by molar-refractivity contribution is 5.76. The van der Waals surface area contributed by atoms with Crippen molar-refractivity contribution in [3.63, 3.8) is 0 Å². The number of aromatic nitrogens is 4. The SMILES string of the molecule is CCN1CCC(CC(=O)N2CCO[C@@H](c3nnnn3CCOC)C2)CC1. The Balaban J connectivity index is 1.53. The number of carbonyl (C=O) groups is 1. The zero-order valence-electron chi connectivity index (χ0n) is 15.8. The number of hydrogen-bond acceptors (Lipinski definition) is 7. The van der Waals surface area contributed by atoms with Crippen LogP contribution in [0.4, 0.5) is 0 Å². The third-order valence-corrected chi connectivity index (χ3v) is 5.39. The van der Waals surface area contributed by atoms with Crippen LogP contribution in [0.3, 0.4) is 0 Å². The van der Waals surface area contributed by atoms with Crippen LogP contribution in [0, 0.1) is 5.92 Å². The summed E-state index contributed by atoms with van der Waals surface area (Å²) in [6.45, 7) is 8.28. The minimum Gasteiger partial charge on any atom is -0.383 e. The fourth-order valence-electron chi connectivity index (χ4n) is 3.69. The monoisotopic (exact) mass is 366 g/mol. The number of morpholine rings is 1. The first kappa shape index (κ1) is 19.2. The second-order valence-corrected chi connectivity index (χ2v) is 7.03. The summed E-state index contributed by atoms with van der Waals surface area (Å²) in [6, 6.07) is 0. The Morgan fingerprint density at radius 1 is 1.31 bits per heavy atom. The lowest BCUT2D eigenvalue weighted by atomic mass is 9.93. The first-order valence-corrected chi connectivity index (χ1v) is 9.58. The van der Waals surface area contributed by atoms with Crippen molar-refractivity contribution < 1.29 is 14.3 Å². The van der Waals surface area contributed by atoms with E-state index in [0.29, 0.717) is 51.0 Å². The Morgan fingerprint density at radius 3 is 2.85 bits per heavy atom. The largest absolute Gasteiger partial charge is 0.383 e. The average Bonchev–Trinajstić information content (AvgIpc) is 3.15. The van der Waals surface area contributed by atoms with E-state index >= 15 is 0 Å². The second kappa shape index (κ2) is 9.38. The molecule has 0 saturated carbocycles. The molecule has 2 saturated heterocycles. The number of carbonyl (C=O) groups excluding carboxylic acids is 1. The highest BCUT2D eigenvalue weighted by atomic mass is 16.5. The molecule has 3 rings (SSSR count). The molecule has 0 aliphatic carbocycles. The maximum atomic E-state index is 12.8. The summed E-state index contributed by atoms with van der Waals surface area (Å²) >= 11 is 0. The fourth-order valence-corrected chi connectivity index (χ4v) is 3.69. The van der Waals surface area contributed by atoms with E-state index in [0.717, 1.165) is 32.5 Å². The lowest BCUT2D eigenvalue weighted by Gasteiger charge is -2.35. The lowest BCUT2D eigenvalue weighted by molar-refractivity contribution is -0.140. The number of hydrogen-bond donors (Lipinski definition) is 0. The van der Waals surface area contributed by atoms with Crippen molar-refractivity contribution in [2.45, 2.75) is 38.8 Å². The van der Waals surface area contributed by atoms with Crippen molar-refractivity contribution in [3.8, 4) is 0 Å². The third kappa shape index (κ3) is 4.77. The number of tetrazole rings is 1. The Kier molecular flexibility index (Phi) is 6.93. The predicted molar refractivity (Wildman–Crippen MR) is 94.4 cm³/mol. The van der Waals surface area contributed by atoms with Crippen molar-refractivity contribution in [1.29, 1.82) is 0 Å². The van der Waals surface area contributed by atoms with Gasteiger partial charge in [0, 0.05) is 20.1 Å². The number of amides is 1. The molecular weight excluding hydrogens is 336 g/mol. The fraction of sp³-hybridized carbons (Fsp3) is 0.882. The summed E-state index contributed by atoms with van der Waals surface area (Å²) in [6.07, 6.45) is 2.59. The van der Waals surface area contributed by atoms with Crippen LogP contribution in [0.1, 0.15) is 38.1 Å². The number of likely N-dealkylation sites (tertiary alicyclic amines) is 1. The van der Waals surface area contributed by atoms with Crippen molar-refractivity contribution in [2.75, 3.05) is 53.0 Å². The third-order valence-electron chi connectivity index (χ3n) is 5.39. The molecule has 2 aliphatic rings. The van der Waals surface area contributed by atoms with E-state index in [1.54, 1.807) is 11.8 Å². The molecule has 9 heteroatoms. The van der Waals surface area contributed by atoms with E-state index < -0.39 is 0 Å². The van der Waals surface area contributed by atoms with Crippen molar-refractivity contribution in [1.82, 2.24) is 30.0 Å². The van der Waals surface area contributed by atoms with Gasteiger partial charge in [-0.1, -0.05) is 6.92 Å². The molecule has 1 amide bonds. The first-order chi connectivity index (χ1) is 12.7. The molecule has 1 aromatic rings. The van der Waals surface area contributed by atoms with Gasteiger partial charge >= 0.3 is 0 Å². The highest BCUT2D eigenvalue weighted by Gasteiger charge is 2.30. The van der Waals surface area contributed by atoms with Crippen LogP contribution < -0.4 is 0 Å². The van der Waals surface area contributed by atoms with Crippen molar-refractivity contribution in [3.05, 3.63) is 5.82 Å². The molecule has 26 heavy (non-hydrogen) atoms. The molecule has 0 bridgehead atoms. The van der Waals surface area contributed by atoms with Gasteiger partial charge in [-0.15, -0.1) is 5.10 Å². The van der Waals surface area contributed by atoms with Crippen LogP contribution >= 0.6 is 0 Å². The lowest BCUT2D eigenvalue weighted by Crippen LogP contribution is -2.44. The van der Waals surface area contributed by atoms with Gasteiger partial charge in [-0.2, -0.15) is 0 Å². The van der Waals surface area contributed by atoms with Gasteiger partial charge in [-0.25, -0.2) is 4.68 Å². The molecular formula is C17H30N6O3. The van der Waals surface area contributed by atoms with Gasteiger partial charge in [0.25, 0.3) is 0 Å². The predicted octanol–water partition coefficient (Wildman–Crippen LogP) is 0.341. The topological polar surface area (TPSA) is 85.6 Å². The summed E-state index contributed by atoms with van der Waals surface area (Å²) < 4.78 is 12.6. The van der Waals surface area contributed by atoms with Crippen LogP contribution in [-0.4, -0.2) is 89.0 Å². The number of ether oxygens (including phenoxy) is 2. The van der Waals surface area contributed by atoms with Gasteiger partial charge in [-0.3, -0.25) is 4.79 Å². The van der Waals surface area contributed by atoms with E-state index in [2.05, 4.69) is 27.3 Å². The second-order valence-electron chi connectivity index (χ2n) is 7.03. The van der Waals surface area contributed by atoms with Gasteiger partial charge in [0.15, 0.2) is 5.82 Å². The number of methoxy groups -OCH3 is 1. The van der Waals surface area contributed by atoms with Crippen LogP contribution in [0.5, 0.6) is 0 Å². The summed E-state index contributed by atoms with van der Waals surface area (Å²) in [5.74, 6) is 1.39. The number of nitrogens with zero attached hydrogens (tertiary/aromatic N) is 6. The molecule has 0 radical (unpaired) electrons. The van der Waals surface area contributed by atoms with Gasteiger partial charge in [0.1, 0.15) is 6.10 Å². The Bertz CT molecular complexity index is 573. The summed E-state index contributed by atoms with van der Waals surface area (Å²) in [4.78, 5) is 17.1. The standard InChI is InChI=1S/C17H30N6O3/c1-3-21-6-4-14(5-7-21)12-16(24)22-8-11-26-15(13-22)17-18-19-20-23(17)9-10-25-2/h14-15H,3-13H2,1-2H3/t15-/m1/s1.